The summed E-state index contributed by atoms with van der Waals surface area (Å²) >= 11 is 3.87. The number of thiazole rings is 1. The molecule has 1 aromatic heterocycles. The van der Waals surface area contributed by atoms with Crippen LogP contribution >= 0.6 is 23.1 Å². The van der Waals surface area contributed by atoms with E-state index < -0.39 is 0 Å². The van der Waals surface area contributed by atoms with Gasteiger partial charge >= 0.3 is 0 Å². The zero-order valence-corrected chi connectivity index (χ0v) is 13.6. The van der Waals surface area contributed by atoms with Crippen molar-refractivity contribution in [1.82, 2.24) is 10.3 Å². The van der Waals surface area contributed by atoms with Crippen LogP contribution in [0.2, 0.25) is 0 Å². The van der Waals surface area contributed by atoms with Crippen molar-refractivity contribution in [3.63, 3.8) is 0 Å². The van der Waals surface area contributed by atoms with Crippen LogP contribution in [0.5, 0.6) is 0 Å². The number of hydrogen-bond donors (Lipinski definition) is 1. The topological polar surface area (TPSA) is 37.4 Å². The summed E-state index contributed by atoms with van der Waals surface area (Å²) < 4.78 is 5.04. The van der Waals surface area contributed by atoms with E-state index in [0.29, 0.717) is 6.04 Å². The van der Waals surface area contributed by atoms with Gasteiger partial charge in [0.15, 0.2) is 5.13 Å². The molecule has 1 saturated heterocycles. The van der Waals surface area contributed by atoms with Crippen LogP contribution in [0, 0.1) is 6.92 Å². The fourth-order valence-corrected chi connectivity index (χ4v) is 4.26. The maximum atomic E-state index is 5.04. The summed E-state index contributed by atoms with van der Waals surface area (Å²) in [5, 5.41) is 4.58. The van der Waals surface area contributed by atoms with E-state index in [-0.39, 0.29) is 0 Å². The number of hydrogen-bond acceptors (Lipinski definition) is 6. The van der Waals surface area contributed by atoms with Crippen molar-refractivity contribution < 1.29 is 4.74 Å². The summed E-state index contributed by atoms with van der Waals surface area (Å²) in [4.78, 5) is 8.54. The second-order valence-electron chi connectivity index (χ2n) is 4.79. The number of nitrogens with zero attached hydrogens (tertiary/aromatic N) is 2. The molecule has 6 heteroatoms. The van der Waals surface area contributed by atoms with E-state index in [2.05, 4.69) is 24.1 Å². The molecular formula is C13H23N3OS2. The van der Waals surface area contributed by atoms with Crippen molar-refractivity contribution in [3.05, 3.63) is 10.6 Å². The quantitative estimate of drug-likeness (QED) is 0.815. The first-order chi connectivity index (χ1) is 9.22. The largest absolute Gasteiger partial charge is 0.383 e. The lowest BCUT2D eigenvalue weighted by Gasteiger charge is -2.32. The number of aryl methyl sites for hydroxylation is 1. The fourth-order valence-electron chi connectivity index (χ4n) is 2.09. The molecule has 108 valence electrons. The van der Waals surface area contributed by atoms with Crippen molar-refractivity contribution >= 4 is 28.2 Å². The van der Waals surface area contributed by atoms with Gasteiger partial charge in [-0.25, -0.2) is 4.98 Å². The van der Waals surface area contributed by atoms with Crippen molar-refractivity contribution in [1.29, 1.82) is 0 Å². The van der Waals surface area contributed by atoms with Crippen LogP contribution in [-0.2, 0) is 11.3 Å². The van der Waals surface area contributed by atoms with Crippen LogP contribution < -0.4 is 10.2 Å². The molecule has 0 saturated carbocycles. The molecule has 0 bridgehead atoms. The Morgan fingerprint density at radius 2 is 2.37 bits per heavy atom. The van der Waals surface area contributed by atoms with Gasteiger partial charge in [0.2, 0.25) is 0 Å². The average Bonchev–Trinajstić information content (AvgIpc) is 2.77. The molecule has 0 aliphatic carbocycles. The van der Waals surface area contributed by atoms with E-state index in [1.54, 1.807) is 7.11 Å². The third-order valence-electron chi connectivity index (χ3n) is 3.26. The Kier molecular flexibility index (Phi) is 5.94. The molecule has 19 heavy (non-hydrogen) atoms. The molecule has 0 amide bonds. The minimum atomic E-state index is 0.596. The molecule has 1 aliphatic rings. The van der Waals surface area contributed by atoms with E-state index in [9.17, 15) is 0 Å². The molecule has 0 aromatic carbocycles. The summed E-state index contributed by atoms with van der Waals surface area (Å²) in [6.45, 7) is 8.06. The van der Waals surface area contributed by atoms with Gasteiger partial charge in [0.25, 0.3) is 0 Å². The van der Waals surface area contributed by atoms with Crippen molar-refractivity contribution in [2.45, 2.75) is 26.4 Å². The van der Waals surface area contributed by atoms with Crippen LogP contribution in [0.15, 0.2) is 0 Å². The van der Waals surface area contributed by atoms with Crippen LogP contribution in [0.1, 0.15) is 17.5 Å². The minimum absolute atomic E-state index is 0.596. The van der Waals surface area contributed by atoms with Gasteiger partial charge in [-0.1, -0.05) is 0 Å². The number of thioether (sulfide) groups is 1. The predicted octanol–water partition coefficient (Wildman–Crippen LogP) is 2.13. The van der Waals surface area contributed by atoms with Gasteiger partial charge < -0.3 is 15.0 Å². The molecule has 1 N–H and O–H groups in total. The monoisotopic (exact) mass is 301 g/mol. The number of aromatic nitrogens is 1. The molecule has 0 spiro atoms. The molecule has 0 radical (unpaired) electrons. The van der Waals surface area contributed by atoms with Crippen LogP contribution in [0.3, 0.4) is 0 Å². The molecule has 2 rings (SSSR count). The first-order valence-electron chi connectivity index (χ1n) is 6.72. The number of rotatable bonds is 6. The SMILES string of the molecule is COCCNCc1sc(N2CCSCC2C)nc1C. The summed E-state index contributed by atoms with van der Waals surface area (Å²) in [5.41, 5.74) is 1.16. The van der Waals surface area contributed by atoms with Gasteiger partial charge in [-0.3, -0.25) is 0 Å². The van der Waals surface area contributed by atoms with E-state index in [1.165, 1.54) is 21.5 Å². The number of ether oxygens (including phenoxy) is 1. The summed E-state index contributed by atoms with van der Waals surface area (Å²) in [5.74, 6) is 2.42. The highest BCUT2D eigenvalue weighted by Gasteiger charge is 2.22. The van der Waals surface area contributed by atoms with Crippen LogP contribution in [0.4, 0.5) is 5.13 Å². The highest BCUT2D eigenvalue weighted by atomic mass is 32.2. The normalized spacial score (nSPS) is 19.9. The summed E-state index contributed by atoms with van der Waals surface area (Å²) in [7, 11) is 1.73. The number of methoxy groups -OCH3 is 1. The lowest BCUT2D eigenvalue weighted by Crippen LogP contribution is -2.40. The zero-order chi connectivity index (χ0) is 13.7. The molecule has 1 atom stereocenters. The van der Waals surface area contributed by atoms with E-state index >= 15 is 0 Å². The van der Waals surface area contributed by atoms with Crippen molar-refractivity contribution in [3.8, 4) is 0 Å². The predicted molar refractivity (Wildman–Crippen MR) is 84.6 cm³/mol. The van der Waals surface area contributed by atoms with Gasteiger partial charge in [-0.05, 0) is 13.8 Å². The second kappa shape index (κ2) is 7.47. The Balaban J connectivity index is 1.95. The smallest absolute Gasteiger partial charge is 0.186 e. The van der Waals surface area contributed by atoms with E-state index in [1.807, 2.05) is 23.1 Å². The van der Waals surface area contributed by atoms with Gasteiger partial charge in [0.05, 0.1) is 12.3 Å². The third-order valence-corrected chi connectivity index (χ3v) is 5.65. The first kappa shape index (κ1) is 15.1. The Hall–Kier alpha value is -0.300. The summed E-state index contributed by atoms with van der Waals surface area (Å²) in [6, 6.07) is 0.596. The number of nitrogens with one attached hydrogen (secondary N) is 1. The van der Waals surface area contributed by atoms with Crippen molar-refractivity contribution in [2.75, 3.05) is 43.2 Å². The van der Waals surface area contributed by atoms with Crippen LogP contribution in [-0.4, -0.2) is 49.3 Å². The van der Waals surface area contributed by atoms with Crippen molar-refractivity contribution in [2.24, 2.45) is 0 Å². The number of anilines is 1. The standard InChI is InChI=1S/C13H23N3OS2/c1-10-9-18-7-5-16(10)13-15-11(2)12(19-13)8-14-4-6-17-3/h10,14H,4-9H2,1-3H3. The minimum Gasteiger partial charge on any atom is -0.383 e. The molecule has 2 heterocycles. The average molecular weight is 301 g/mol. The Morgan fingerprint density at radius 3 is 3.11 bits per heavy atom. The maximum absolute atomic E-state index is 5.04. The highest BCUT2D eigenvalue weighted by Crippen LogP contribution is 2.30. The molecule has 1 aromatic rings. The molecule has 4 nitrogen and oxygen atoms in total. The third kappa shape index (κ3) is 4.08. The van der Waals surface area contributed by atoms with Gasteiger partial charge in [-0.2, -0.15) is 11.8 Å². The van der Waals surface area contributed by atoms with Gasteiger partial charge in [0, 0.05) is 49.2 Å². The zero-order valence-electron chi connectivity index (χ0n) is 11.9. The lowest BCUT2D eigenvalue weighted by atomic mass is 10.3. The molecular weight excluding hydrogens is 278 g/mol. The summed E-state index contributed by atoms with van der Waals surface area (Å²) in [6.07, 6.45) is 0. The Labute approximate surface area is 123 Å². The fraction of sp³-hybridized carbons (Fsp3) is 0.769. The Bertz CT molecular complexity index is 397. The van der Waals surface area contributed by atoms with Crippen LogP contribution in [0.25, 0.3) is 0 Å². The lowest BCUT2D eigenvalue weighted by molar-refractivity contribution is 0.199. The van der Waals surface area contributed by atoms with Gasteiger partial charge in [-0.15, -0.1) is 11.3 Å². The first-order valence-corrected chi connectivity index (χ1v) is 8.70. The maximum Gasteiger partial charge on any atom is 0.186 e. The Morgan fingerprint density at radius 1 is 1.53 bits per heavy atom. The molecule has 1 unspecified atom stereocenters. The highest BCUT2D eigenvalue weighted by molar-refractivity contribution is 7.99. The van der Waals surface area contributed by atoms with Gasteiger partial charge in [0.1, 0.15) is 0 Å². The molecule has 1 fully saturated rings. The van der Waals surface area contributed by atoms with E-state index in [4.69, 9.17) is 9.72 Å². The molecule has 1 aliphatic heterocycles. The second-order valence-corrected chi connectivity index (χ2v) is 7.00. The van der Waals surface area contributed by atoms with E-state index in [0.717, 1.165) is 31.9 Å².